The largest absolute Gasteiger partial charge is 0.383 e. The molecule has 18 heavy (non-hydrogen) atoms. The average molecular weight is 309 g/mol. The molecule has 0 radical (unpaired) electrons. The van der Waals surface area contributed by atoms with E-state index in [0.717, 1.165) is 30.5 Å². The summed E-state index contributed by atoms with van der Waals surface area (Å²) < 4.78 is 5.18. The van der Waals surface area contributed by atoms with Gasteiger partial charge in [0.05, 0.1) is 12.1 Å². The smallest absolute Gasteiger partial charge is 0.0722 e. The molecule has 0 atom stereocenters. The molecule has 0 aliphatic carbocycles. The van der Waals surface area contributed by atoms with E-state index in [2.05, 4.69) is 44.0 Å². The van der Waals surface area contributed by atoms with Crippen LogP contribution in [0.15, 0.2) is 36.5 Å². The topological polar surface area (TPSA) is 25.4 Å². The summed E-state index contributed by atoms with van der Waals surface area (Å²) >= 11 is 3.51. The quantitative estimate of drug-likeness (QED) is 0.767. The van der Waals surface area contributed by atoms with E-state index < -0.39 is 0 Å². The van der Waals surface area contributed by atoms with E-state index in [1.165, 1.54) is 11.1 Å². The molecule has 2 rings (SSSR count). The third-order valence-electron chi connectivity index (χ3n) is 2.89. The van der Waals surface area contributed by atoms with Crippen LogP contribution in [-0.4, -0.2) is 37.1 Å². The molecule has 0 unspecified atom stereocenters. The Bertz CT molecular complexity index is 499. The van der Waals surface area contributed by atoms with Gasteiger partial charge >= 0.3 is 0 Å². The number of hydrogen-bond donors (Lipinski definition) is 0. The van der Waals surface area contributed by atoms with Crippen molar-refractivity contribution >= 4 is 32.5 Å². The highest BCUT2D eigenvalue weighted by atomic mass is 79.9. The van der Waals surface area contributed by atoms with Crippen molar-refractivity contribution in [1.82, 2.24) is 4.98 Å². The summed E-state index contributed by atoms with van der Waals surface area (Å²) in [7, 11) is 1.73. The summed E-state index contributed by atoms with van der Waals surface area (Å²) in [6, 6.07) is 10.3. The number of halogens is 1. The molecule has 1 heterocycles. The molecule has 0 bridgehead atoms. The Morgan fingerprint density at radius 3 is 2.83 bits per heavy atom. The normalized spacial score (nSPS) is 10.8. The molecule has 0 aliphatic heterocycles. The number of methoxy groups -OCH3 is 1. The van der Waals surface area contributed by atoms with Crippen molar-refractivity contribution in [2.75, 3.05) is 37.0 Å². The minimum atomic E-state index is 0.726. The van der Waals surface area contributed by atoms with Gasteiger partial charge in [0.15, 0.2) is 0 Å². The van der Waals surface area contributed by atoms with Crippen molar-refractivity contribution in [3.63, 3.8) is 0 Å². The van der Waals surface area contributed by atoms with Gasteiger partial charge in [0.25, 0.3) is 0 Å². The Labute approximate surface area is 116 Å². The zero-order valence-electron chi connectivity index (χ0n) is 10.5. The molecule has 4 heteroatoms. The average Bonchev–Trinajstić information content (AvgIpc) is 2.43. The molecule has 2 aromatic rings. The molecule has 3 nitrogen and oxygen atoms in total. The number of fused-ring (bicyclic) bond motifs is 1. The maximum Gasteiger partial charge on any atom is 0.0722 e. The number of alkyl halides is 1. The molecular weight excluding hydrogens is 292 g/mol. The predicted molar refractivity (Wildman–Crippen MR) is 79.6 cm³/mol. The van der Waals surface area contributed by atoms with E-state index in [-0.39, 0.29) is 0 Å². The van der Waals surface area contributed by atoms with E-state index in [4.69, 9.17) is 4.74 Å². The lowest BCUT2D eigenvalue weighted by Gasteiger charge is -2.24. The van der Waals surface area contributed by atoms with E-state index in [1.54, 1.807) is 7.11 Å². The first-order chi connectivity index (χ1) is 8.86. The number of aromatic nitrogens is 1. The third kappa shape index (κ3) is 3.00. The molecule has 96 valence electrons. The molecule has 1 aromatic heterocycles. The van der Waals surface area contributed by atoms with Crippen molar-refractivity contribution < 1.29 is 4.74 Å². The van der Waals surface area contributed by atoms with Gasteiger partial charge in [-0.25, -0.2) is 0 Å². The standard InChI is InChI=1S/C14H17BrN2O/c1-18-11-10-17(9-7-15)14-6-8-16-13-5-3-2-4-12(13)14/h2-6,8H,7,9-11H2,1H3. The van der Waals surface area contributed by atoms with Gasteiger partial charge in [0, 0.05) is 42.8 Å². The summed E-state index contributed by atoms with van der Waals surface area (Å²) in [6.45, 7) is 2.57. The van der Waals surface area contributed by atoms with Crippen LogP contribution >= 0.6 is 15.9 Å². The highest BCUT2D eigenvalue weighted by Crippen LogP contribution is 2.24. The van der Waals surface area contributed by atoms with Gasteiger partial charge < -0.3 is 9.64 Å². The Morgan fingerprint density at radius 2 is 2.06 bits per heavy atom. The van der Waals surface area contributed by atoms with Crippen molar-refractivity contribution in [1.29, 1.82) is 0 Å². The van der Waals surface area contributed by atoms with Gasteiger partial charge in [-0.15, -0.1) is 0 Å². The molecule has 0 saturated heterocycles. The lowest BCUT2D eigenvalue weighted by Crippen LogP contribution is -2.29. The van der Waals surface area contributed by atoms with Crippen LogP contribution in [0.3, 0.4) is 0 Å². The molecule has 0 N–H and O–H groups in total. The second-order valence-electron chi connectivity index (χ2n) is 4.02. The van der Waals surface area contributed by atoms with E-state index >= 15 is 0 Å². The molecule has 0 saturated carbocycles. The summed E-state index contributed by atoms with van der Waals surface area (Å²) in [5.74, 6) is 0. The molecule has 0 amide bonds. The van der Waals surface area contributed by atoms with Gasteiger partial charge in [0.2, 0.25) is 0 Å². The fourth-order valence-electron chi connectivity index (χ4n) is 2.01. The maximum absolute atomic E-state index is 5.18. The summed E-state index contributed by atoms with van der Waals surface area (Å²) in [4.78, 5) is 6.72. The van der Waals surface area contributed by atoms with Crippen LogP contribution in [0.5, 0.6) is 0 Å². The van der Waals surface area contributed by atoms with Crippen molar-refractivity contribution in [2.45, 2.75) is 0 Å². The fraction of sp³-hybridized carbons (Fsp3) is 0.357. The first kappa shape index (κ1) is 13.3. The molecule has 0 fully saturated rings. The minimum absolute atomic E-state index is 0.726. The zero-order chi connectivity index (χ0) is 12.8. The predicted octanol–water partition coefficient (Wildman–Crippen LogP) is 3.08. The van der Waals surface area contributed by atoms with E-state index in [0.29, 0.717) is 0 Å². The number of pyridine rings is 1. The van der Waals surface area contributed by atoms with Gasteiger partial charge in [0.1, 0.15) is 0 Å². The SMILES string of the molecule is COCCN(CCBr)c1ccnc2ccccc12. The van der Waals surface area contributed by atoms with Crippen LogP contribution in [0.1, 0.15) is 0 Å². The number of para-hydroxylation sites is 1. The highest BCUT2D eigenvalue weighted by molar-refractivity contribution is 9.09. The highest BCUT2D eigenvalue weighted by Gasteiger charge is 2.09. The zero-order valence-corrected chi connectivity index (χ0v) is 12.1. The summed E-state index contributed by atoms with van der Waals surface area (Å²) in [5, 5.41) is 2.13. The number of rotatable bonds is 6. The monoisotopic (exact) mass is 308 g/mol. The van der Waals surface area contributed by atoms with Crippen LogP contribution in [0.4, 0.5) is 5.69 Å². The molecular formula is C14H17BrN2O. The van der Waals surface area contributed by atoms with Gasteiger partial charge in [-0.05, 0) is 12.1 Å². The van der Waals surface area contributed by atoms with Crippen LogP contribution < -0.4 is 4.90 Å². The van der Waals surface area contributed by atoms with Gasteiger partial charge in [-0.2, -0.15) is 0 Å². The second kappa shape index (κ2) is 6.71. The van der Waals surface area contributed by atoms with Crippen molar-refractivity contribution in [3.8, 4) is 0 Å². The fourth-order valence-corrected chi connectivity index (χ4v) is 2.44. The van der Waals surface area contributed by atoms with Crippen molar-refractivity contribution in [2.24, 2.45) is 0 Å². The van der Waals surface area contributed by atoms with Crippen molar-refractivity contribution in [3.05, 3.63) is 36.5 Å². The Balaban J connectivity index is 2.36. The Morgan fingerprint density at radius 1 is 1.22 bits per heavy atom. The van der Waals surface area contributed by atoms with Crippen LogP contribution in [0, 0.1) is 0 Å². The first-order valence-corrected chi connectivity index (χ1v) is 7.12. The first-order valence-electron chi connectivity index (χ1n) is 6.00. The van der Waals surface area contributed by atoms with Gasteiger partial charge in [-0.1, -0.05) is 34.1 Å². The summed E-state index contributed by atoms with van der Waals surface area (Å²) in [6.07, 6.45) is 1.87. The molecule has 1 aromatic carbocycles. The number of ether oxygens (including phenoxy) is 1. The van der Waals surface area contributed by atoms with E-state index in [9.17, 15) is 0 Å². The van der Waals surface area contributed by atoms with Crippen LogP contribution in [0.2, 0.25) is 0 Å². The number of hydrogen-bond acceptors (Lipinski definition) is 3. The third-order valence-corrected chi connectivity index (χ3v) is 3.24. The maximum atomic E-state index is 5.18. The molecule has 0 spiro atoms. The summed E-state index contributed by atoms with van der Waals surface area (Å²) in [5.41, 5.74) is 2.25. The van der Waals surface area contributed by atoms with Crippen LogP contribution in [0.25, 0.3) is 10.9 Å². The molecule has 0 aliphatic rings. The van der Waals surface area contributed by atoms with Crippen LogP contribution in [-0.2, 0) is 4.74 Å². The number of benzene rings is 1. The lowest BCUT2D eigenvalue weighted by molar-refractivity contribution is 0.205. The minimum Gasteiger partial charge on any atom is -0.383 e. The lowest BCUT2D eigenvalue weighted by atomic mass is 10.1. The van der Waals surface area contributed by atoms with E-state index in [1.807, 2.05) is 18.3 Å². The Kier molecular flexibility index (Phi) is 4.96. The second-order valence-corrected chi connectivity index (χ2v) is 4.81. The Hall–Kier alpha value is -1.13. The number of nitrogens with zero attached hydrogens (tertiary/aromatic N) is 2. The number of anilines is 1. The van der Waals surface area contributed by atoms with Gasteiger partial charge in [-0.3, -0.25) is 4.98 Å².